The number of amides is 3. The summed E-state index contributed by atoms with van der Waals surface area (Å²) < 4.78 is 42.2. The van der Waals surface area contributed by atoms with Gasteiger partial charge in [-0.3, -0.25) is 14.4 Å². The molecular formula is C47H71F2N5O8Si2. The molecule has 3 amide bonds. The van der Waals surface area contributed by atoms with E-state index in [9.17, 15) is 33.5 Å². The third-order valence-electron chi connectivity index (χ3n) is 10.7. The molecule has 0 saturated carbocycles. The number of halogens is 2. The van der Waals surface area contributed by atoms with Crippen molar-refractivity contribution in [2.45, 2.75) is 129 Å². The first-order chi connectivity index (χ1) is 29.9. The van der Waals surface area contributed by atoms with Crippen molar-refractivity contribution >= 4 is 45.8 Å². The van der Waals surface area contributed by atoms with Gasteiger partial charge in [0.15, 0.2) is 0 Å². The van der Waals surface area contributed by atoms with Gasteiger partial charge in [-0.2, -0.15) is 0 Å². The number of hydrogen-bond acceptors (Lipinski definition) is 9. The summed E-state index contributed by atoms with van der Waals surface area (Å²) in [6.07, 6.45) is 1.43. The highest BCUT2D eigenvalue weighted by molar-refractivity contribution is 6.76. The van der Waals surface area contributed by atoms with Gasteiger partial charge in [-0.15, -0.1) is 0 Å². The number of esters is 1. The number of hydrogen-bond donors (Lipinski definition) is 4. The number of ketones is 1. The van der Waals surface area contributed by atoms with E-state index < -0.39 is 81.8 Å². The molecule has 0 fully saturated rings. The van der Waals surface area contributed by atoms with E-state index in [1.165, 1.54) is 4.90 Å². The summed E-state index contributed by atoms with van der Waals surface area (Å²) in [5, 5.41) is 15.5. The first kappa shape index (κ1) is 53.6. The van der Waals surface area contributed by atoms with Gasteiger partial charge in [-0.25, -0.2) is 18.4 Å². The molecule has 2 aromatic carbocycles. The maximum atomic E-state index is 15.1. The summed E-state index contributed by atoms with van der Waals surface area (Å²) in [6.45, 7) is 18.8. The molecule has 1 heterocycles. The van der Waals surface area contributed by atoms with Crippen molar-refractivity contribution in [2.75, 3.05) is 32.9 Å². The highest BCUT2D eigenvalue weighted by atomic mass is 28.3. The van der Waals surface area contributed by atoms with Crippen LogP contribution in [-0.4, -0.2) is 105 Å². The van der Waals surface area contributed by atoms with Gasteiger partial charge in [0, 0.05) is 71.6 Å². The summed E-state index contributed by atoms with van der Waals surface area (Å²) in [7, 11) is -2.94. The Morgan fingerprint density at radius 1 is 0.875 bits per heavy atom. The number of carbonyl (C=O) groups is 5. The van der Waals surface area contributed by atoms with E-state index in [1.807, 2.05) is 55.7 Å². The predicted octanol–water partition coefficient (Wildman–Crippen LogP) is 7.67. The van der Waals surface area contributed by atoms with Gasteiger partial charge in [0.05, 0.1) is 25.3 Å². The van der Waals surface area contributed by atoms with Crippen molar-refractivity contribution in [2.24, 2.45) is 11.1 Å². The largest absolute Gasteiger partial charge is 0.464 e. The number of Topliss-reactive ketones (excluding diaryl/α,β-unsaturated/α-hetero) is 1. The fourth-order valence-electron chi connectivity index (χ4n) is 7.01. The quantitative estimate of drug-likeness (QED) is 0.0377. The number of aliphatic hydroxyl groups is 1. The SMILES string of the molecule is CC(C)(C)[C@H](c1cc(-c2cc(F)ccc2F)cn1Cc1ccccc1)N(CC[C@H](N)C(=O)NCCCC(=O)CC[C@H](NC(=O)OCC[Si](C)(C)C)C(=O)OCC[Si](C)(C)C)C(=O)CO. The van der Waals surface area contributed by atoms with Crippen molar-refractivity contribution < 1.29 is 47.3 Å². The molecule has 0 aliphatic heterocycles. The van der Waals surface area contributed by atoms with E-state index in [0.717, 1.165) is 35.9 Å². The first-order valence-corrected chi connectivity index (χ1v) is 29.5. The molecule has 0 saturated heterocycles. The average Bonchev–Trinajstić information content (AvgIpc) is 3.60. The second-order valence-electron chi connectivity index (χ2n) is 19.9. The summed E-state index contributed by atoms with van der Waals surface area (Å²) in [4.78, 5) is 66.7. The molecule has 64 heavy (non-hydrogen) atoms. The number of carbonyl (C=O) groups excluding carboxylic acids is 5. The molecule has 0 aliphatic rings. The van der Waals surface area contributed by atoms with E-state index in [2.05, 4.69) is 49.9 Å². The minimum atomic E-state index is -1.48. The number of alkyl carbamates (subject to hydrolysis) is 1. The van der Waals surface area contributed by atoms with Gasteiger partial charge in [0.2, 0.25) is 11.8 Å². The Balaban J connectivity index is 1.65. The van der Waals surface area contributed by atoms with Gasteiger partial charge in [0.25, 0.3) is 0 Å². The summed E-state index contributed by atoms with van der Waals surface area (Å²) in [5.74, 6) is -3.10. The van der Waals surface area contributed by atoms with Crippen LogP contribution < -0.4 is 16.4 Å². The predicted molar refractivity (Wildman–Crippen MR) is 251 cm³/mol. The number of nitrogens with zero attached hydrogens (tertiary/aromatic N) is 2. The molecule has 3 aromatic rings. The third-order valence-corrected chi connectivity index (χ3v) is 14.1. The van der Waals surface area contributed by atoms with Crippen LogP contribution in [0.4, 0.5) is 13.6 Å². The Hall–Kier alpha value is -4.72. The van der Waals surface area contributed by atoms with E-state index in [-0.39, 0.29) is 63.3 Å². The van der Waals surface area contributed by atoms with Gasteiger partial charge in [-0.1, -0.05) is 90.4 Å². The van der Waals surface area contributed by atoms with Crippen LogP contribution in [0.3, 0.4) is 0 Å². The second-order valence-corrected chi connectivity index (χ2v) is 31.1. The average molecular weight is 928 g/mol. The molecule has 0 aliphatic carbocycles. The number of aromatic nitrogens is 1. The van der Waals surface area contributed by atoms with Crippen molar-refractivity contribution in [3.8, 4) is 11.1 Å². The lowest BCUT2D eigenvalue weighted by Gasteiger charge is -2.41. The van der Waals surface area contributed by atoms with Crippen LogP contribution in [0.1, 0.15) is 70.2 Å². The number of ether oxygens (including phenoxy) is 2. The molecule has 0 unspecified atom stereocenters. The Morgan fingerprint density at radius 3 is 2.12 bits per heavy atom. The minimum Gasteiger partial charge on any atom is -0.464 e. The smallest absolute Gasteiger partial charge is 0.407 e. The summed E-state index contributed by atoms with van der Waals surface area (Å²) >= 11 is 0. The van der Waals surface area contributed by atoms with E-state index >= 15 is 4.39 Å². The Labute approximate surface area is 379 Å². The maximum Gasteiger partial charge on any atom is 0.407 e. The molecule has 13 nitrogen and oxygen atoms in total. The van der Waals surface area contributed by atoms with Crippen molar-refractivity contribution in [3.63, 3.8) is 0 Å². The topological polar surface area (TPSA) is 182 Å². The Kier molecular flexibility index (Phi) is 20.6. The molecule has 1 aromatic heterocycles. The van der Waals surface area contributed by atoms with Gasteiger partial charge < -0.3 is 40.4 Å². The van der Waals surface area contributed by atoms with Crippen LogP contribution in [0, 0.1) is 17.0 Å². The zero-order chi connectivity index (χ0) is 47.8. The minimum absolute atomic E-state index is 0.00645. The third kappa shape index (κ3) is 18.4. The Bertz CT molecular complexity index is 2010. The van der Waals surface area contributed by atoms with Crippen LogP contribution in [-0.2, 0) is 35.2 Å². The number of rotatable bonds is 25. The van der Waals surface area contributed by atoms with Crippen LogP contribution in [0.2, 0.25) is 51.4 Å². The molecular weight excluding hydrogens is 857 g/mol. The van der Waals surface area contributed by atoms with Crippen LogP contribution in [0.15, 0.2) is 60.8 Å². The molecule has 354 valence electrons. The van der Waals surface area contributed by atoms with E-state index in [1.54, 1.807) is 12.3 Å². The van der Waals surface area contributed by atoms with Crippen molar-refractivity contribution in [1.82, 2.24) is 20.1 Å². The molecule has 0 radical (unpaired) electrons. The number of nitrogens with two attached hydrogens (primary N) is 1. The first-order valence-electron chi connectivity index (χ1n) is 22.1. The molecule has 3 atom stereocenters. The lowest BCUT2D eigenvalue weighted by molar-refractivity contribution is -0.145. The number of aliphatic hydroxyl groups excluding tert-OH is 1. The Morgan fingerprint density at radius 2 is 1.52 bits per heavy atom. The molecule has 5 N–H and O–H groups in total. The molecule has 0 spiro atoms. The number of nitrogens with one attached hydrogen (secondary N) is 2. The summed E-state index contributed by atoms with van der Waals surface area (Å²) in [6, 6.07) is 13.2. The normalized spacial score (nSPS) is 13.4. The maximum absolute atomic E-state index is 15.1. The highest BCUT2D eigenvalue weighted by Crippen LogP contribution is 2.41. The fraction of sp³-hybridized carbons (Fsp3) is 0.553. The zero-order valence-electron chi connectivity index (χ0n) is 39.2. The molecule has 17 heteroatoms. The van der Waals surface area contributed by atoms with E-state index in [4.69, 9.17) is 15.2 Å². The highest BCUT2D eigenvalue weighted by Gasteiger charge is 2.37. The second kappa shape index (κ2) is 24.5. The lowest BCUT2D eigenvalue weighted by atomic mass is 9.82. The fourth-order valence-corrected chi connectivity index (χ4v) is 8.44. The standard InChI is InChI=1S/C47H71F2N5O8Si2/c1-47(2,3)43(41-28-34(37-29-35(48)17-19-38(37)49)31-53(41)30-33-14-11-10-12-15-33)54(42(57)32-55)23-21-39(50)44(58)51-22-13-16-36(56)18-20-40(45(59)61-24-26-63(4,5)6)52-46(60)62-25-27-64(7,8)9/h10-12,14-15,17,19,28-29,31,39-40,43,55H,13,16,18,20-27,30,32,50H2,1-9H3,(H,51,58)(H,52,60)/t39-,40-,43-/m0/s1. The van der Waals surface area contributed by atoms with Crippen LogP contribution in [0.25, 0.3) is 11.1 Å². The lowest BCUT2D eigenvalue weighted by Crippen LogP contribution is -2.47. The van der Waals surface area contributed by atoms with Crippen molar-refractivity contribution in [1.29, 1.82) is 0 Å². The van der Waals surface area contributed by atoms with Gasteiger partial charge >= 0.3 is 12.1 Å². The van der Waals surface area contributed by atoms with E-state index in [0.29, 0.717) is 24.2 Å². The van der Waals surface area contributed by atoms with Gasteiger partial charge in [0.1, 0.15) is 30.1 Å². The number of benzene rings is 2. The van der Waals surface area contributed by atoms with Crippen LogP contribution >= 0.6 is 0 Å². The zero-order valence-corrected chi connectivity index (χ0v) is 41.2. The van der Waals surface area contributed by atoms with Crippen molar-refractivity contribution in [3.05, 3.63) is 83.7 Å². The molecule has 3 rings (SSSR count). The van der Waals surface area contributed by atoms with Crippen LogP contribution in [0.5, 0.6) is 0 Å². The molecule has 0 bridgehead atoms. The van der Waals surface area contributed by atoms with Gasteiger partial charge in [-0.05, 0) is 66.6 Å². The monoisotopic (exact) mass is 927 g/mol. The summed E-state index contributed by atoms with van der Waals surface area (Å²) in [5.41, 5.74) is 7.69.